The first-order chi connectivity index (χ1) is 10.3. The van der Waals surface area contributed by atoms with Crippen LogP contribution < -0.4 is 0 Å². The van der Waals surface area contributed by atoms with Crippen molar-refractivity contribution in [3.8, 4) is 0 Å². The van der Waals surface area contributed by atoms with Crippen molar-refractivity contribution in [1.29, 1.82) is 0 Å². The first-order valence-corrected chi connectivity index (χ1v) is 9.00. The number of fused-ring (bicyclic) bond motifs is 3. The van der Waals surface area contributed by atoms with Crippen LogP contribution in [-0.2, 0) is 9.59 Å². The van der Waals surface area contributed by atoms with Gasteiger partial charge in [0.15, 0.2) is 0 Å². The first kappa shape index (κ1) is 16.0. The van der Waals surface area contributed by atoms with Crippen molar-refractivity contribution >= 4 is 11.6 Å². The highest BCUT2D eigenvalue weighted by Gasteiger charge is 2.61. The third-order valence-electron chi connectivity index (χ3n) is 7.49. The zero-order valence-electron chi connectivity index (χ0n) is 14.5. The van der Waals surface area contributed by atoms with E-state index in [1.54, 1.807) is 6.92 Å². The molecule has 0 spiro atoms. The lowest BCUT2D eigenvalue weighted by molar-refractivity contribution is -0.156. The van der Waals surface area contributed by atoms with Gasteiger partial charge in [-0.2, -0.15) is 0 Å². The van der Waals surface area contributed by atoms with Crippen molar-refractivity contribution in [3.05, 3.63) is 12.2 Å². The Labute approximate surface area is 134 Å². The maximum atomic E-state index is 12.7. The molecule has 0 bridgehead atoms. The van der Waals surface area contributed by atoms with E-state index in [0.717, 1.165) is 19.3 Å². The molecule has 0 N–H and O–H groups in total. The van der Waals surface area contributed by atoms with E-state index in [2.05, 4.69) is 32.9 Å². The lowest BCUT2D eigenvalue weighted by Crippen LogP contribution is -2.57. The highest BCUT2D eigenvalue weighted by Crippen LogP contribution is 2.65. The van der Waals surface area contributed by atoms with Crippen molar-refractivity contribution in [2.75, 3.05) is 0 Å². The third-order valence-corrected chi connectivity index (χ3v) is 7.49. The zero-order valence-corrected chi connectivity index (χ0v) is 14.5. The fourth-order valence-corrected chi connectivity index (χ4v) is 6.15. The van der Waals surface area contributed by atoms with E-state index >= 15 is 0 Å². The van der Waals surface area contributed by atoms with Crippen molar-refractivity contribution in [1.82, 2.24) is 0 Å². The van der Waals surface area contributed by atoms with Gasteiger partial charge in [0.1, 0.15) is 11.6 Å². The van der Waals surface area contributed by atoms with Crippen LogP contribution in [0.2, 0.25) is 0 Å². The molecule has 0 aromatic rings. The summed E-state index contributed by atoms with van der Waals surface area (Å²) in [6.45, 7) is 8.67. The number of carbonyl (C=O) groups excluding carboxylic acids is 2. The van der Waals surface area contributed by atoms with E-state index in [9.17, 15) is 9.59 Å². The summed E-state index contributed by atoms with van der Waals surface area (Å²) in [5, 5.41) is 0. The summed E-state index contributed by atoms with van der Waals surface area (Å²) in [6, 6.07) is 0. The van der Waals surface area contributed by atoms with Gasteiger partial charge in [0.2, 0.25) is 0 Å². The maximum Gasteiger partial charge on any atom is 0.143 e. The number of Topliss-reactive ketones (excluding diaryl/α,β-unsaturated/α-hetero) is 2. The summed E-state index contributed by atoms with van der Waals surface area (Å²) >= 11 is 0. The second kappa shape index (κ2) is 5.32. The minimum absolute atomic E-state index is 0.208. The van der Waals surface area contributed by atoms with Crippen molar-refractivity contribution < 1.29 is 9.59 Å². The molecule has 3 aliphatic rings. The van der Waals surface area contributed by atoms with Crippen LogP contribution >= 0.6 is 0 Å². The lowest BCUT2D eigenvalue weighted by atomic mass is 9.43. The van der Waals surface area contributed by atoms with E-state index in [1.807, 2.05) is 0 Å². The van der Waals surface area contributed by atoms with Crippen LogP contribution in [0.5, 0.6) is 0 Å². The second-order valence-corrected chi connectivity index (χ2v) is 8.57. The van der Waals surface area contributed by atoms with Gasteiger partial charge >= 0.3 is 0 Å². The highest BCUT2D eigenvalue weighted by molar-refractivity contribution is 5.88. The van der Waals surface area contributed by atoms with E-state index < -0.39 is 0 Å². The van der Waals surface area contributed by atoms with Crippen molar-refractivity contribution in [2.45, 2.75) is 66.2 Å². The molecule has 0 saturated heterocycles. The fourth-order valence-electron chi connectivity index (χ4n) is 6.15. The molecule has 6 atom stereocenters. The molecular formula is C20H30O2. The minimum atomic E-state index is -0.253. The van der Waals surface area contributed by atoms with Gasteiger partial charge < -0.3 is 4.79 Å². The quantitative estimate of drug-likeness (QED) is 0.715. The maximum absolute atomic E-state index is 12.7. The lowest BCUT2D eigenvalue weighted by Gasteiger charge is -2.60. The Balaban J connectivity index is 1.97. The number of ketones is 2. The Kier molecular flexibility index (Phi) is 3.86. The predicted octanol–water partition coefficient (Wildman–Crippen LogP) is 4.58. The standard InChI is InChI=1S/C20H30O2/c1-13-7-9-15-12-18(22)19(3)11-5-6-17(19)20(15,4)16(13)10-8-14(2)21/h5,11,13,15-17H,6-10,12H2,1-4H3/t13-,15+,16+,17+,19-,20+/m0/s1. The molecule has 2 nitrogen and oxygen atoms in total. The molecule has 0 aliphatic heterocycles. The highest BCUT2D eigenvalue weighted by atomic mass is 16.1. The molecule has 3 aliphatic carbocycles. The van der Waals surface area contributed by atoms with Crippen molar-refractivity contribution in [2.24, 2.45) is 34.5 Å². The smallest absolute Gasteiger partial charge is 0.143 e. The monoisotopic (exact) mass is 302 g/mol. The third kappa shape index (κ3) is 2.13. The number of rotatable bonds is 3. The van der Waals surface area contributed by atoms with Gasteiger partial charge in [-0.3, -0.25) is 4.79 Å². The van der Waals surface area contributed by atoms with Crippen LogP contribution in [0.25, 0.3) is 0 Å². The topological polar surface area (TPSA) is 34.1 Å². The Morgan fingerprint density at radius 2 is 2.05 bits per heavy atom. The molecule has 2 heteroatoms. The van der Waals surface area contributed by atoms with Crippen LogP contribution in [0.4, 0.5) is 0 Å². The summed E-state index contributed by atoms with van der Waals surface area (Å²) in [5.74, 6) is 2.95. The predicted molar refractivity (Wildman–Crippen MR) is 88.4 cm³/mol. The number of hydrogen-bond donors (Lipinski definition) is 0. The van der Waals surface area contributed by atoms with Crippen molar-refractivity contribution in [3.63, 3.8) is 0 Å². The second-order valence-electron chi connectivity index (χ2n) is 8.57. The largest absolute Gasteiger partial charge is 0.300 e. The average molecular weight is 302 g/mol. The summed E-state index contributed by atoms with van der Waals surface area (Å²) in [6.07, 6.45) is 10.3. The van der Waals surface area contributed by atoms with Crippen LogP contribution in [0, 0.1) is 34.5 Å². The van der Waals surface area contributed by atoms with Gasteiger partial charge in [0, 0.05) is 18.3 Å². The molecule has 0 aromatic heterocycles. The first-order valence-electron chi connectivity index (χ1n) is 9.00. The van der Waals surface area contributed by atoms with E-state index in [4.69, 9.17) is 0 Å². The Bertz CT molecular complexity index is 520. The van der Waals surface area contributed by atoms with E-state index in [-0.39, 0.29) is 10.8 Å². The van der Waals surface area contributed by atoms with Gasteiger partial charge in [-0.15, -0.1) is 0 Å². The summed E-state index contributed by atoms with van der Waals surface area (Å²) in [5.41, 5.74) is -0.0456. The molecule has 0 unspecified atom stereocenters. The summed E-state index contributed by atoms with van der Waals surface area (Å²) in [7, 11) is 0. The molecule has 0 aromatic carbocycles. The number of allylic oxidation sites excluding steroid dienone is 2. The fraction of sp³-hybridized carbons (Fsp3) is 0.800. The van der Waals surface area contributed by atoms with Crippen LogP contribution in [-0.4, -0.2) is 11.6 Å². The van der Waals surface area contributed by atoms with Crippen LogP contribution in [0.15, 0.2) is 12.2 Å². The van der Waals surface area contributed by atoms with Gasteiger partial charge in [-0.25, -0.2) is 0 Å². The molecular weight excluding hydrogens is 272 g/mol. The molecule has 2 saturated carbocycles. The van der Waals surface area contributed by atoms with Gasteiger partial charge in [-0.05, 0) is 62.2 Å². The zero-order chi connectivity index (χ0) is 16.1. The molecule has 0 radical (unpaired) electrons. The SMILES string of the molecule is CC(=O)CC[C@@H]1[C@@H](C)CC[C@@H]2CC(=O)[C@@]3(C)C=CC[C@H]3[C@]21C. The van der Waals surface area contributed by atoms with Crippen LogP contribution in [0.3, 0.4) is 0 Å². The van der Waals surface area contributed by atoms with Gasteiger partial charge in [-0.1, -0.05) is 32.4 Å². The number of hydrogen-bond acceptors (Lipinski definition) is 2. The molecule has 0 amide bonds. The Morgan fingerprint density at radius 1 is 1.32 bits per heavy atom. The number of carbonyl (C=O) groups is 2. The molecule has 3 rings (SSSR count). The Hall–Kier alpha value is -0.920. The average Bonchev–Trinajstić information content (AvgIpc) is 2.85. The normalized spacial score (nSPS) is 47.2. The molecule has 0 heterocycles. The van der Waals surface area contributed by atoms with E-state index in [1.165, 1.54) is 12.8 Å². The molecule has 22 heavy (non-hydrogen) atoms. The minimum Gasteiger partial charge on any atom is -0.300 e. The molecule has 122 valence electrons. The van der Waals surface area contributed by atoms with Gasteiger partial charge in [0.25, 0.3) is 0 Å². The van der Waals surface area contributed by atoms with Crippen LogP contribution in [0.1, 0.15) is 66.2 Å². The van der Waals surface area contributed by atoms with E-state index in [0.29, 0.717) is 41.7 Å². The van der Waals surface area contributed by atoms with Gasteiger partial charge in [0.05, 0.1) is 0 Å². The summed E-state index contributed by atoms with van der Waals surface area (Å²) < 4.78 is 0. The molecule has 2 fully saturated rings. The Morgan fingerprint density at radius 3 is 2.73 bits per heavy atom. The summed E-state index contributed by atoms with van der Waals surface area (Å²) in [4.78, 5) is 24.3.